The number of halogens is 1. The number of carbonyl (C=O) groups excluding carboxylic acids is 2. The zero-order valence-corrected chi connectivity index (χ0v) is 16.8. The first-order valence-corrected chi connectivity index (χ1v) is 9.63. The highest BCUT2D eigenvalue weighted by molar-refractivity contribution is 5.94. The first-order valence-electron chi connectivity index (χ1n) is 9.63. The second-order valence-corrected chi connectivity index (χ2v) is 7.09. The third-order valence-corrected chi connectivity index (χ3v) is 5.21. The standard InChI is InChI=1S/C22H21FN4O3/c1-14(28)26-9-11-27(12-10-26)21-20(15-3-6-17(23)7-4-15)24-18-8-5-16(22(29)30-2)13-19(18)25-21/h3-8,13H,9-12H2,1-2H3. The minimum Gasteiger partial charge on any atom is -0.465 e. The monoisotopic (exact) mass is 408 g/mol. The van der Waals surface area contributed by atoms with E-state index in [1.54, 1.807) is 42.2 Å². The van der Waals surface area contributed by atoms with Gasteiger partial charge in [-0.25, -0.2) is 19.2 Å². The lowest BCUT2D eigenvalue weighted by atomic mass is 10.1. The maximum Gasteiger partial charge on any atom is 0.337 e. The van der Waals surface area contributed by atoms with Crippen LogP contribution in [0, 0.1) is 5.82 Å². The minimum absolute atomic E-state index is 0.0423. The lowest BCUT2D eigenvalue weighted by molar-refractivity contribution is -0.129. The smallest absolute Gasteiger partial charge is 0.337 e. The van der Waals surface area contributed by atoms with Crippen molar-refractivity contribution >= 4 is 28.7 Å². The summed E-state index contributed by atoms with van der Waals surface area (Å²) < 4.78 is 18.3. The molecule has 0 atom stereocenters. The van der Waals surface area contributed by atoms with Crippen molar-refractivity contribution in [1.82, 2.24) is 14.9 Å². The van der Waals surface area contributed by atoms with Crippen LogP contribution in [0.4, 0.5) is 10.2 Å². The highest BCUT2D eigenvalue weighted by Gasteiger charge is 2.24. The molecule has 0 spiro atoms. The van der Waals surface area contributed by atoms with Gasteiger partial charge in [0.05, 0.1) is 23.7 Å². The van der Waals surface area contributed by atoms with Crippen molar-refractivity contribution in [3.05, 3.63) is 53.8 Å². The second kappa shape index (κ2) is 8.06. The van der Waals surface area contributed by atoms with Crippen molar-refractivity contribution in [2.75, 3.05) is 38.2 Å². The minimum atomic E-state index is -0.446. The van der Waals surface area contributed by atoms with Crippen LogP contribution in [0.3, 0.4) is 0 Å². The fraction of sp³-hybridized carbons (Fsp3) is 0.273. The summed E-state index contributed by atoms with van der Waals surface area (Å²) in [6, 6.07) is 11.1. The van der Waals surface area contributed by atoms with Gasteiger partial charge in [0.25, 0.3) is 0 Å². The first kappa shape index (κ1) is 19.8. The molecule has 30 heavy (non-hydrogen) atoms. The number of piperazine rings is 1. The number of benzene rings is 2. The number of methoxy groups -OCH3 is 1. The van der Waals surface area contributed by atoms with E-state index >= 15 is 0 Å². The van der Waals surface area contributed by atoms with E-state index in [0.29, 0.717) is 54.3 Å². The molecular formula is C22H21FN4O3. The molecule has 1 aromatic heterocycles. The van der Waals surface area contributed by atoms with Crippen LogP contribution in [0.25, 0.3) is 22.3 Å². The number of esters is 1. The van der Waals surface area contributed by atoms with E-state index in [4.69, 9.17) is 14.7 Å². The van der Waals surface area contributed by atoms with Crippen molar-refractivity contribution in [3.63, 3.8) is 0 Å². The molecule has 7 nitrogen and oxygen atoms in total. The SMILES string of the molecule is COC(=O)c1ccc2nc(-c3ccc(F)cc3)c(N3CCN(C(C)=O)CC3)nc2c1. The van der Waals surface area contributed by atoms with Gasteiger partial charge in [0.2, 0.25) is 5.91 Å². The molecule has 0 radical (unpaired) electrons. The van der Waals surface area contributed by atoms with E-state index < -0.39 is 5.97 Å². The summed E-state index contributed by atoms with van der Waals surface area (Å²) in [6.45, 7) is 3.93. The number of amides is 1. The Kier molecular flexibility index (Phi) is 5.31. The Balaban J connectivity index is 1.81. The molecule has 3 aromatic rings. The van der Waals surface area contributed by atoms with E-state index in [1.165, 1.54) is 19.2 Å². The topological polar surface area (TPSA) is 75.6 Å². The number of carbonyl (C=O) groups is 2. The molecule has 154 valence electrons. The van der Waals surface area contributed by atoms with Crippen molar-refractivity contribution < 1.29 is 18.7 Å². The summed E-state index contributed by atoms with van der Waals surface area (Å²) in [5, 5.41) is 0. The molecule has 2 aromatic carbocycles. The second-order valence-electron chi connectivity index (χ2n) is 7.09. The van der Waals surface area contributed by atoms with E-state index in [2.05, 4.69) is 4.90 Å². The Morgan fingerprint density at radius 2 is 1.67 bits per heavy atom. The van der Waals surface area contributed by atoms with Crippen LogP contribution >= 0.6 is 0 Å². The lowest BCUT2D eigenvalue weighted by Crippen LogP contribution is -2.48. The van der Waals surface area contributed by atoms with Crippen molar-refractivity contribution in [3.8, 4) is 11.3 Å². The quantitative estimate of drug-likeness (QED) is 0.621. The van der Waals surface area contributed by atoms with Gasteiger partial charge in [0.1, 0.15) is 11.5 Å². The van der Waals surface area contributed by atoms with Gasteiger partial charge < -0.3 is 14.5 Å². The Bertz CT molecular complexity index is 1110. The lowest BCUT2D eigenvalue weighted by Gasteiger charge is -2.35. The molecule has 1 aliphatic heterocycles. The Morgan fingerprint density at radius 3 is 2.30 bits per heavy atom. The Labute approximate surface area is 173 Å². The van der Waals surface area contributed by atoms with E-state index in [0.717, 1.165) is 5.56 Å². The number of hydrogen-bond donors (Lipinski definition) is 0. The van der Waals surface area contributed by atoms with Gasteiger partial charge in [-0.15, -0.1) is 0 Å². The molecule has 0 bridgehead atoms. The van der Waals surface area contributed by atoms with Gasteiger partial charge in [-0.2, -0.15) is 0 Å². The van der Waals surface area contributed by atoms with Gasteiger partial charge in [-0.05, 0) is 42.5 Å². The molecule has 4 rings (SSSR count). The predicted octanol–water partition coefficient (Wildman–Crippen LogP) is 2.89. The Hall–Kier alpha value is -3.55. The maximum absolute atomic E-state index is 13.5. The van der Waals surface area contributed by atoms with Crippen molar-refractivity contribution in [2.45, 2.75) is 6.92 Å². The van der Waals surface area contributed by atoms with Crippen LogP contribution in [0.2, 0.25) is 0 Å². The van der Waals surface area contributed by atoms with Crippen LogP contribution in [0.5, 0.6) is 0 Å². The van der Waals surface area contributed by atoms with Crippen LogP contribution in [0.15, 0.2) is 42.5 Å². The molecule has 0 saturated carbocycles. The van der Waals surface area contributed by atoms with Gasteiger partial charge >= 0.3 is 5.97 Å². The number of hydrogen-bond acceptors (Lipinski definition) is 6. The summed E-state index contributed by atoms with van der Waals surface area (Å²) in [5.41, 5.74) is 2.94. The zero-order valence-electron chi connectivity index (χ0n) is 16.8. The molecule has 0 N–H and O–H groups in total. The number of anilines is 1. The summed E-state index contributed by atoms with van der Waals surface area (Å²) in [5.74, 6) is -0.0928. The fourth-order valence-corrected chi connectivity index (χ4v) is 3.54. The fourth-order valence-electron chi connectivity index (χ4n) is 3.54. The molecule has 2 heterocycles. The molecule has 0 aliphatic carbocycles. The average Bonchev–Trinajstić information content (AvgIpc) is 2.78. The van der Waals surface area contributed by atoms with Crippen LogP contribution in [-0.2, 0) is 9.53 Å². The van der Waals surface area contributed by atoms with Crippen LogP contribution in [0.1, 0.15) is 17.3 Å². The summed E-state index contributed by atoms with van der Waals surface area (Å²) >= 11 is 0. The third kappa shape index (κ3) is 3.80. The number of aromatic nitrogens is 2. The van der Waals surface area contributed by atoms with Crippen molar-refractivity contribution in [1.29, 1.82) is 0 Å². The highest BCUT2D eigenvalue weighted by atomic mass is 19.1. The van der Waals surface area contributed by atoms with Crippen LogP contribution in [-0.4, -0.2) is 60.0 Å². The number of ether oxygens (including phenoxy) is 1. The highest BCUT2D eigenvalue weighted by Crippen LogP contribution is 2.31. The van der Waals surface area contributed by atoms with Gasteiger partial charge in [-0.1, -0.05) is 0 Å². The third-order valence-electron chi connectivity index (χ3n) is 5.21. The molecule has 1 amide bonds. The molecular weight excluding hydrogens is 387 g/mol. The predicted molar refractivity (Wildman–Crippen MR) is 111 cm³/mol. The largest absolute Gasteiger partial charge is 0.465 e. The molecule has 8 heteroatoms. The van der Waals surface area contributed by atoms with Gasteiger partial charge in [0.15, 0.2) is 5.82 Å². The van der Waals surface area contributed by atoms with E-state index in [-0.39, 0.29) is 11.7 Å². The first-order chi connectivity index (χ1) is 14.5. The molecule has 1 fully saturated rings. The van der Waals surface area contributed by atoms with Crippen LogP contribution < -0.4 is 4.90 Å². The number of rotatable bonds is 3. The normalized spacial score (nSPS) is 14.1. The summed E-state index contributed by atoms with van der Waals surface area (Å²) in [4.78, 5) is 37.0. The number of fused-ring (bicyclic) bond motifs is 1. The zero-order chi connectivity index (χ0) is 21.3. The molecule has 0 unspecified atom stereocenters. The van der Waals surface area contributed by atoms with E-state index in [1.807, 2.05) is 0 Å². The average molecular weight is 408 g/mol. The maximum atomic E-state index is 13.5. The number of nitrogens with zero attached hydrogens (tertiary/aromatic N) is 4. The Morgan fingerprint density at radius 1 is 0.967 bits per heavy atom. The molecule has 1 aliphatic rings. The summed E-state index contributed by atoms with van der Waals surface area (Å²) in [7, 11) is 1.33. The van der Waals surface area contributed by atoms with Gasteiger partial charge in [-0.3, -0.25) is 4.79 Å². The summed E-state index contributed by atoms with van der Waals surface area (Å²) in [6.07, 6.45) is 0. The molecule has 1 saturated heterocycles. The van der Waals surface area contributed by atoms with Gasteiger partial charge in [0, 0.05) is 38.7 Å². The van der Waals surface area contributed by atoms with E-state index in [9.17, 15) is 14.0 Å². The van der Waals surface area contributed by atoms with Crippen molar-refractivity contribution in [2.24, 2.45) is 0 Å².